The van der Waals surface area contributed by atoms with Crippen LogP contribution in [0.3, 0.4) is 0 Å². The third kappa shape index (κ3) is 3.17. The molecule has 0 unspecified atom stereocenters. The van der Waals surface area contributed by atoms with Crippen molar-refractivity contribution in [1.29, 1.82) is 0 Å². The van der Waals surface area contributed by atoms with Gasteiger partial charge >= 0.3 is 11.7 Å². The number of amides is 1. The Morgan fingerprint density at radius 3 is 2.67 bits per heavy atom. The molecule has 2 N–H and O–H groups in total. The number of carbonyl (C=O) groups is 2. The van der Waals surface area contributed by atoms with Gasteiger partial charge in [-0.15, -0.1) is 11.3 Å². The molecule has 0 saturated heterocycles. The van der Waals surface area contributed by atoms with Crippen molar-refractivity contribution in [3.63, 3.8) is 0 Å². The van der Waals surface area contributed by atoms with E-state index in [0.717, 1.165) is 29.5 Å². The predicted molar refractivity (Wildman–Crippen MR) is 70.1 cm³/mol. The molecule has 1 amide bonds. The molecule has 1 heterocycles. The number of nitro benzene ring substituents is 1. The summed E-state index contributed by atoms with van der Waals surface area (Å²) in [7, 11) is 0. The summed E-state index contributed by atoms with van der Waals surface area (Å²) in [6.07, 6.45) is 0. The van der Waals surface area contributed by atoms with Crippen molar-refractivity contribution in [1.82, 2.24) is 4.98 Å². The topological polar surface area (TPSA) is 122 Å². The van der Waals surface area contributed by atoms with Gasteiger partial charge in [-0.05, 0) is 6.07 Å². The van der Waals surface area contributed by atoms with E-state index >= 15 is 0 Å². The molecule has 1 aromatic carbocycles. The van der Waals surface area contributed by atoms with Gasteiger partial charge in [0, 0.05) is 23.2 Å². The molecule has 0 bridgehead atoms. The van der Waals surface area contributed by atoms with Gasteiger partial charge in [0.1, 0.15) is 5.69 Å². The van der Waals surface area contributed by atoms with E-state index in [-0.39, 0.29) is 16.4 Å². The van der Waals surface area contributed by atoms with Gasteiger partial charge in [-0.3, -0.25) is 14.9 Å². The maximum Gasteiger partial charge on any atom is 0.365 e. The number of thiazole rings is 1. The van der Waals surface area contributed by atoms with E-state index in [1.807, 2.05) is 0 Å². The maximum atomic E-state index is 13.4. The van der Waals surface area contributed by atoms with Crippen LogP contribution in [0.2, 0.25) is 0 Å². The highest BCUT2D eigenvalue weighted by atomic mass is 32.1. The summed E-state index contributed by atoms with van der Waals surface area (Å²) in [5, 5.41) is 22.4. The zero-order valence-corrected chi connectivity index (χ0v) is 10.9. The minimum Gasteiger partial charge on any atom is -0.476 e. The first-order chi connectivity index (χ1) is 9.88. The number of carboxylic acids is 1. The molecule has 10 heteroatoms. The Balaban J connectivity index is 2.17. The van der Waals surface area contributed by atoms with Crippen LogP contribution in [-0.4, -0.2) is 26.9 Å². The molecule has 0 aliphatic heterocycles. The fourth-order valence-corrected chi connectivity index (χ4v) is 2.04. The van der Waals surface area contributed by atoms with E-state index in [2.05, 4.69) is 10.3 Å². The van der Waals surface area contributed by atoms with Gasteiger partial charge in [-0.2, -0.15) is 4.39 Å². The Morgan fingerprint density at radius 1 is 1.43 bits per heavy atom. The molecule has 0 aliphatic rings. The van der Waals surface area contributed by atoms with Crippen molar-refractivity contribution < 1.29 is 24.0 Å². The summed E-state index contributed by atoms with van der Waals surface area (Å²) in [6.45, 7) is 0. The van der Waals surface area contributed by atoms with Gasteiger partial charge in [0.2, 0.25) is 10.8 Å². The lowest BCUT2D eigenvalue weighted by molar-refractivity contribution is -0.387. The van der Waals surface area contributed by atoms with Gasteiger partial charge in [-0.25, -0.2) is 9.78 Å². The zero-order valence-electron chi connectivity index (χ0n) is 10.1. The van der Waals surface area contributed by atoms with Crippen LogP contribution >= 0.6 is 11.3 Å². The van der Waals surface area contributed by atoms with Crippen LogP contribution in [0.15, 0.2) is 23.6 Å². The average molecular weight is 311 g/mol. The second-order valence-corrected chi connectivity index (χ2v) is 4.58. The number of nitrogens with zero attached hydrogens (tertiary/aromatic N) is 2. The van der Waals surface area contributed by atoms with Crippen LogP contribution in [0, 0.1) is 15.9 Å². The normalized spacial score (nSPS) is 10.1. The second-order valence-electron chi connectivity index (χ2n) is 3.72. The van der Waals surface area contributed by atoms with Gasteiger partial charge in [0.05, 0.1) is 4.92 Å². The molecule has 21 heavy (non-hydrogen) atoms. The minimum absolute atomic E-state index is 0.00650. The first kappa shape index (κ1) is 14.5. The van der Waals surface area contributed by atoms with Crippen LogP contribution in [-0.2, 0) is 0 Å². The number of nitro groups is 1. The molecule has 2 aromatic rings. The summed E-state index contributed by atoms with van der Waals surface area (Å²) >= 11 is 0.771. The van der Waals surface area contributed by atoms with E-state index in [1.165, 1.54) is 5.38 Å². The van der Waals surface area contributed by atoms with Gasteiger partial charge in [0.25, 0.3) is 5.91 Å². The average Bonchev–Trinajstić information content (AvgIpc) is 2.88. The van der Waals surface area contributed by atoms with Gasteiger partial charge in [-0.1, -0.05) is 0 Å². The number of aromatic carboxylic acids is 1. The molecule has 0 fully saturated rings. The van der Waals surface area contributed by atoms with Crippen molar-refractivity contribution in [2.45, 2.75) is 0 Å². The van der Waals surface area contributed by atoms with Gasteiger partial charge < -0.3 is 10.4 Å². The first-order valence-electron chi connectivity index (χ1n) is 5.32. The Kier molecular flexibility index (Phi) is 3.89. The highest BCUT2D eigenvalue weighted by Crippen LogP contribution is 2.21. The number of carbonyl (C=O) groups excluding carboxylic acids is 1. The van der Waals surface area contributed by atoms with E-state index in [9.17, 15) is 24.1 Å². The Labute approximate surface area is 120 Å². The van der Waals surface area contributed by atoms with E-state index in [0.29, 0.717) is 0 Å². The SMILES string of the molecule is O=C(Nc1ccc([N+](=O)[O-])c(F)c1)c1csc(C(=O)O)n1. The molecule has 1 aromatic heterocycles. The first-order valence-corrected chi connectivity index (χ1v) is 6.20. The number of benzene rings is 1. The van der Waals surface area contributed by atoms with Crippen molar-refractivity contribution in [3.05, 3.63) is 50.2 Å². The quantitative estimate of drug-likeness (QED) is 0.658. The molecule has 0 saturated carbocycles. The summed E-state index contributed by atoms with van der Waals surface area (Å²) in [6, 6.07) is 2.86. The molecule has 0 spiro atoms. The van der Waals surface area contributed by atoms with Crippen molar-refractivity contribution >= 4 is 34.6 Å². The van der Waals surface area contributed by atoms with Gasteiger partial charge in [0.15, 0.2) is 0 Å². The fraction of sp³-hybridized carbons (Fsp3) is 0. The zero-order chi connectivity index (χ0) is 15.6. The molecule has 108 valence electrons. The minimum atomic E-state index is -1.26. The number of halogens is 1. The Hall–Kier alpha value is -2.88. The van der Waals surface area contributed by atoms with Crippen molar-refractivity contribution in [3.8, 4) is 0 Å². The number of rotatable bonds is 4. The van der Waals surface area contributed by atoms with Crippen molar-refractivity contribution in [2.24, 2.45) is 0 Å². The lowest BCUT2D eigenvalue weighted by atomic mass is 10.2. The summed E-state index contributed by atoms with van der Waals surface area (Å²) < 4.78 is 13.4. The van der Waals surface area contributed by atoms with Crippen molar-refractivity contribution in [2.75, 3.05) is 5.32 Å². The van der Waals surface area contributed by atoms with E-state index in [4.69, 9.17) is 5.11 Å². The number of hydrogen-bond donors (Lipinski definition) is 2. The smallest absolute Gasteiger partial charge is 0.365 e. The Morgan fingerprint density at radius 2 is 2.14 bits per heavy atom. The molecule has 2 rings (SSSR count). The highest BCUT2D eigenvalue weighted by molar-refractivity contribution is 7.11. The number of anilines is 1. The maximum absolute atomic E-state index is 13.4. The van der Waals surface area contributed by atoms with Crippen LogP contribution in [0.1, 0.15) is 20.3 Å². The lowest BCUT2D eigenvalue weighted by Gasteiger charge is -2.03. The molecule has 0 aliphatic carbocycles. The lowest BCUT2D eigenvalue weighted by Crippen LogP contribution is -2.13. The standard InChI is InChI=1S/C11H6FN3O5S/c12-6-3-5(1-2-8(6)15(19)20)13-9(16)7-4-21-10(14-7)11(17)18/h1-4H,(H,13,16)(H,17,18). The van der Waals surface area contributed by atoms with Crippen LogP contribution < -0.4 is 5.32 Å². The summed E-state index contributed by atoms with van der Waals surface area (Å²) in [5.41, 5.74) is -0.862. The number of aromatic nitrogens is 1. The largest absolute Gasteiger partial charge is 0.476 e. The number of nitrogens with one attached hydrogen (secondary N) is 1. The van der Waals surface area contributed by atoms with Crippen LogP contribution in [0.5, 0.6) is 0 Å². The molecular weight excluding hydrogens is 305 g/mol. The molecular formula is C11H6FN3O5S. The summed E-state index contributed by atoms with van der Waals surface area (Å²) in [4.78, 5) is 35.6. The third-order valence-corrected chi connectivity index (χ3v) is 3.15. The second kappa shape index (κ2) is 5.63. The monoisotopic (exact) mass is 311 g/mol. The number of hydrogen-bond acceptors (Lipinski definition) is 6. The fourth-order valence-electron chi connectivity index (χ4n) is 1.40. The molecule has 0 atom stereocenters. The summed E-state index contributed by atoms with van der Waals surface area (Å²) in [5.74, 6) is -3.10. The molecule has 0 radical (unpaired) electrons. The third-order valence-electron chi connectivity index (χ3n) is 2.32. The predicted octanol–water partition coefficient (Wildman–Crippen LogP) is 2.14. The Bertz CT molecular complexity index is 745. The highest BCUT2D eigenvalue weighted by Gasteiger charge is 2.17. The molecule has 8 nitrogen and oxygen atoms in total. The van der Waals surface area contributed by atoms with Crippen LogP contribution in [0.4, 0.5) is 15.8 Å². The number of carboxylic acid groups (broad SMARTS) is 1. The van der Waals surface area contributed by atoms with E-state index in [1.54, 1.807) is 0 Å². The van der Waals surface area contributed by atoms with Crippen LogP contribution in [0.25, 0.3) is 0 Å². The van der Waals surface area contributed by atoms with E-state index < -0.39 is 28.3 Å².